The molecule has 0 spiro atoms. The Morgan fingerprint density at radius 3 is 1.49 bits per heavy atom. The van der Waals surface area contributed by atoms with E-state index in [1.54, 1.807) is 0 Å². The molecule has 0 aromatic heterocycles. The summed E-state index contributed by atoms with van der Waals surface area (Å²) < 4.78 is 54.0. The number of aliphatic hydroxyl groups excluding tert-OH is 3. The molecule has 334 valence electrons. The quantitative estimate of drug-likeness (QED) is 0.0202. The number of esters is 2. The van der Waals surface area contributed by atoms with Gasteiger partial charge in [0.2, 0.25) is 0 Å². The summed E-state index contributed by atoms with van der Waals surface area (Å²) in [5.41, 5.74) is 0. The summed E-state index contributed by atoms with van der Waals surface area (Å²) in [7, 11) is -4.60. The van der Waals surface area contributed by atoms with Crippen LogP contribution in [0.3, 0.4) is 0 Å². The van der Waals surface area contributed by atoms with Crippen LogP contribution < -0.4 is 0 Å². The lowest BCUT2D eigenvalue weighted by atomic mass is 10.00. The average molecular weight is 833 g/mol. The minimum Gasteiger partial charge on any atom is -0.462 e. The maximum Gasteiger partial charge on any atom is 0.306 e. The van der Waals surface area contributed by atoms with E-state index in [0.29, 0.717) is 12.8 Å². The molecule has 0 saturated carbocycles. The average Bonchev–Trinajstić information content (AvgIpc) is 3.17. The molecule has 1 saturated heterocycles. The number of hydrogen-bond donors (Lipinski definition) is 4. The smallest absolute Gasteiger partial charge is 0.306 e. The van der Waals surface area contributed by atoms with Crippen molar-refractivity contribution in [1.82, 2.24) is 0 Å². The van der Waals surface area contributed by atoms with Crippen LogP contribution in [0.4, 0.5) is 0 Å². The lowest BCUT2D eigenvalue weighted by molar-refractivity contribution is -0.297. The Morgan fingerprint density at radius 2 is 1.00 bits per heavy atom. The Kier molecular flexibility index (Phi) is 32.6. The molecule has 0 aliphatic carbocycles. The van der Waals surface area contributed by atoms with Crippen LogP contribution in [-0.4, -0.2) is 96.0 Å². The molecule has 4 N–H and O–H groups in total. The van der Waals surface area contributed by atoms with Crippen molar-refractivity contribution in [2.24, 2.45) is 0 Å². The largest absolute Gasteiger partial charge is 0.462 e. The highest BCUT2D eigenvalue weighted by Gasteiger charge is 2.46. The van der Waals surface area contributed by atoms with E-state index in [2.05, 4.69) is 38.2 Å². The van der Waals surface area contributed by atoms with Gasteiger partial charge in [-0.05, 0) is 64.2 Å². The summed E-state index contributed by atoms with van der Waals surface area (Å²) in [5, 5.41) is 30.8. The van der Waals surface area contributed by atoms with Gasteiger partial charge in [-0.15, -0.1) is 0 Å². The van der Waals surface area contributed by atoms with Gasteiger partial charge in [-0.25, -0.2) is 0 Å². The Balaban J connectivity index is 2.44. The van der Waals surface area contributed by atoms with Gasteiger partial charge in [-0.3, -0.25) is 14.1 Å². The molecule has 2 unspecified atom stereocenters. The minimum absolute atomic E-state index is 0.155. The molecular formula is C44H80O12S. The maximum absolute atomic E-state index is 12.8. The van der Waals surface area contributed by atoms with E-state index in [1.165, 1.54) is 89.9 Å². The lowest BCUT2D eigenvalue weighted by Gasteiger charge is -2.40. The summed E-state index contributed by atoms with van der Waals surface area (Å²) in [6.45, 7) is 3.71. The first-order chi connectivity index (χ1) is 27.5. The molecule has 1 aliphatic rings. The third kappa shape index (κ3) is 29.9. The van der Waals surface area contributed by atoms with Gasteiger partial charge in [0.25, 0.3) is 10.1 Å². The maximum atomic E-state index is 12.8. The van der Waals surface area contributed by atoms with Crippen molar-refractivity contribution < 1.29 is 56.8 Å². The summed E-state index contributed by atoms with van der Waals surface area (Å²) >= 11 is 0. The number of aliphatic hydroxyl groups is 3. The van der Waals surface area contributed by atoms with Gasteiger partial charge in [0.1, 0.15) is 36.8 Å². The van der Waals surface area contributed by atoms with Gasteiger partial charge >= 0.3 is 11.9 Å². The fourth-order valence-electron chi connectivity index (χ4n) is 6.72. The molecule has 13 heteroatoms. The molecule has 1 fully saturated rings. The second-order valence-electron chi connectivity index (χ2n) is 15.7. The zero-order valence-electron chi connectivity index (χ0n) is 35.4. The number of ether oxygens (including phenoxy) is 4. The molecule has 1 rings (SSSR count). The number of hydrogen-bond acceptors (Lipinski definition) is 11. The third-order valence-electron chi connectivity index (χ3n) is 10.3. The van der Waals surface area contributed by atoms with Gasteiger partial charge < -0.3 is 34.3 Å². The van der Waals surface area contributed by atoms with Crippen molar-refractivity contribution in [1.29, 1.82) is 0 Å². The molecule has 0 bridgehead atoms. The van der Waals surface area contributed by atoms with Crippen LogP contribution in [0.2, 0.25) is 0 Å². The van der Waals surface area contributed by atoms with Crippen molar-refractivity contribution in [3.63, 3.8) is 0 Å². The molecule has 57 heavy (non-hydrogen) atoms. The SMILES string of the molecule is CCCCC/C=C/CCCCCCCC(=O)O[C@H](COC(=O)CCCCCCCCCCC/C=C/CCCCCC)CO[C@H]1O[C@H](CS(=O)(=O)O)[C@@H](O)C(O)C1O. The molecular weight excluding hydrogens is 753 g/mol. The Bertz CT molecular complexity index is 1160. The van der Waals surface area contributed by atoms with Crippen molar-refractivity contribution in [2.75, 3.05) is 19.0 Å². The number of carbonyl (C=O) groups is 2. The van der Waals surface area contributed by atoms with Crippen LogP contribution in [0.15, 0.2) is 24.3 Å². The molecule has 1 aliphatic heterocycles. The number of carbonyl (C=O) groups excluding carboxylic acids is 2. The number of allylic oxidation sites excluding steroid dienone is 4. The zero-order chi connectivity index (χ0) is 42.0. The van der Waals surface area contributed by atoms with Gasteiger partial charge in [-0.2, -0.15) is 8.42 Å². The van der Waals surface area contributed by atoms with E-state index >= 15 is 0 Å². The minimum atomic E-state index is -4.60. The van der Waals surface area contributed by atoms with Gasteiger partial charge in [0, 0.05) is 12.8 Å². The number of unbranched alkanes of at least 4 members (excludes halogenated alkanes) is 21. The molecule has 0 aromatic carbocycles. The van der Waals surface area contributed by atoms with Crippen LogP contribution in [0.5, 0.6) is 0 Å². The van der Waals surface area contributed by atoms with Crippen LogP contribution in [-0.2, 0) is 38.7 Å². The topological polar surface area (TPSA) is 186 Å². The molecule has 1 heterocycles. The zero-order valence-corrected chi connectivity index (χ0v) is 36.3. The molecule has 0 amide bonds. The fourth-order valence-corrected chi connectivity index (χ4v) is 7.42. The standard InChI is InChI=1S/C44H80O12S/c1-3-5-7-9-11-13-15-17-18-19-20-21-23-24-26-28-30-32-39(45)53-34-37(35-54-44-43(49)42(48)41(47)38(56-44)36-57(50,51)52)55-40(46)33-31-29-27-25-22-16-14-12-10-8-6-4-2/h12-15,37-38,41-44,47-49H,3-11,16-36H2,1-2H3,(H,50,51,52)/b14-12+,15-13+/t37-,38-,41-,42?,43?,44+/m1/s1. The predicted octanol–water partition coefficient (Wildman–Crippen LogP) is 8.84. The Hall–Kier alpha value is -1.87. The van der Waals surface area contributed by atoms with Gasteiger partial charge in [0.15, 0.2) is 12.4 Å². The Labute approximate surface area is 345 Å². The van der Waals surface area contributed by atoms with Crippen molar-refractivity contribution in [3.05, 3.63) is 24.3 Å². The first kappa shape index (κ1) is 53.1. The van der Waals surface area contributed by atoms with E-state index < -0.39 is 71.2 Å². The highest BCUT2D eigenvalue weighted by Crippen LogP contribution is 2.24. The van der Waals surface area contributed by atoms with Crippen molar-refractivity contribution >= 4 is 22.1 Å². The lowest BCUT2D eigenvalue weighted by Crippen LogP contribution is -2.60. The van der Waals surface area contributed by atoms with Gasteiger partial charge in [0.05, 0.1) is 6.61 Å². The summed E-state index contributed by atoms with van der Waals surface area (Å²) in [6.07, 6.45) is 28.0. The van der Waals surface area contributed by atoms with Crippen LogP contribution in [0, 0.1) is 0 Å². The second kappa shape index (κ2) is 34.9. The first-order valence-corrected chi connectivity index (χ1v) is 24.0. The predicted molar refractivity (Wildman–Crippen MR) is 224 cm³/mol. The second-order valence-corrected chi connectivity index (χ2v) is 17.2. The number of rotatable bonds is 37. The Morgan fingerprint density at radius 1 is 0.579 bits per heavy atom. The summed E-state index contributed by atoms with van der Waals surface area (Å²) in [4.78, 5) is 25.4. The monoisotopic (exact) mass is 833 g/mol. The van der Waals surface area contributed by atoms with Crippen molar-refractivity contribution in [3.8, 4) is 0 Å². The molecule has 12 nitrogen and oxygen atoms in total. The fraction of sp³-hybridized carbons (Fsp3) is 0.864. The van der Waals surface area contributed by atoms with E-state index in [9.17, 15) is 37.9 Å². The van der Waals surface area contributed by atoms with E-state index in [-0.39, 0.29) is 19.4 Å². The van der Waals surface area contributed by atoms with Gasteiger partial charge in [-0.1, -0.05) is 134 Å². The normalized spacial score (nSPS) is 20.7. The van der Waals surface area contributed by atoms with E-state index in [4.69, 9.17) is 18.9 Å². The summed E-state index contributed by atoms with van der Waals surface area (Å²) in [5.74, 6) is -1.99. The van der Waals surface area contributed by atoms with E-state index in [1.807, 2.05) is 0 Å². The highest BCUT2D eigenvalue weighted by atomic mass is 32.2. The molecule has 0 aromatic rings. The van der Waals surface area contributed by atoms with Crippen molar-refractivity contribution in [2.45, 2.75) is 224 Å². The molecule has 0 radical (unpaired) electrons. The summed E-state index contributed by atoms with van der Waals surface area (Å²) in [6, 6.07) is 0. The first-order valence-electron chi connectivity index (χ1n) is 22.4. The highest BCUT2D eigenvalue weighted by molar-refractivity contribution is 7.85. The van der Waals surface area contributed by atoms with Crippen LogP contribution in [0.25, 0.3) is 0 Å². The van der Waals surface area contributed by atoms with Crippen LogP contribution >= 0.6 is 0 Å². The third-order valence-corrected chi connectivity index (χ3v) is 11.0. The van der Waals surface area contributed by atoms with Crippen LogP contribution in [0.1, 0.15) is 187 Å². The van der Waals surface area contributed by atoms with E-state index in [0.717, 1.165) is 57.8 Å². The molecule has 6 atom stereocenters.